The van der Waals surface area contributed by atoms with Crippen molar-refractivity contribution in [3.8, 4) is 11.3 Å². The lowest BCUT2D eigenvalue weighted by Crippen LogP contribution is -2.13. The zero-order chi connectivity index (χ0) is 14.8. The number of fused-ring (bicyclic) bond motifs is 1. The van der Waals surface area contributed by atoms with E-state index in [0.29, 0.717) is 22.4 Å². The molecule has 3 aromatic rings. The SMILES string of the molecule is CC(=O)Nc1cccc2[nH]c(=O)c(-c3ccccc3)nc12. The van der Waals surface area contributed by atoms with Crippen molar-refractivity contribution in [3.63, 3.8) is 0 Å². The number of aromatic amines is 1. The highest BCUT2D eigenvalue weighted by atomic mass is 16.1. The van der Waals surface area contributed by atoms with Crippen molar-refractivity contribution in [2.45, 2.75) is 6.92 Å². The minimum absolute atomic E-state index is 0.184. The quantitative estimate of drug-likeness (QED) is 0.757. The number of H-pyrrole nitrogens is 1. The first-order chi connectivity index (χ1) is 10.1. The van der Waals surface area contributed by atoms with Crippen molar-refractivity contribution in [2.24, 2.45) is 0 Å². The van der Waals surface area contributed by atoms with Gasteiger partial charge >= 0.3 is 0 Å². The van der Waals surface area contributed by atoms with Gasteiger partial charge in [-0.2, -0.15) is 0 Å². The maximum absolute atomic E-state index is 12.2. The fourth-order valence-electron chi connectivity index (χ4n) is 2.19. The van der Waals surface area contributed by atoms with Crippen LogP contribution in [0, 0.1) is 0 Å². The van der Waals surface area contributed by atoms with Gasteiger partial charge in [0.1, 0.15) is 11.2 Å². The maximum atomic E-state index is 12.2. The summed E-state index contributed by atoms with van der Waals surface area (Å²) >= 11 is 0. The average Bonchev–Trinajstić information content (AvgIpc) is 2.47. The predicted molar refractivity (Wildman–Crippen MR) is 82.1 cm³/mol. The Hall–Kier alpha value is -2.95. The Morgan fingerprint density at radius 2 is 1.86 bits per heavy atom. The van der Waals surface area contributed by atoms with E-state index in [2.05, 4.69) is 15.3 Å². The number of rotatable bonds is 2. The van der Waals surface area contributed by atoms with Gasteiger partial charge in [-0.3, -0.25) is 9.59 Å². The summed E-state index contributed by atoms with van der Waals surface area (Å²) in [6, 6.07) is 14.5. The molecule has 0 saturated heterocycles. The summed E-state index contributed by atoms with van der Waals surface area (Å²) in [5, 5.41) is 2.72. The molecular formula is C16H13N3O2. The average molecular weight is 279 g/mol. The lowest BCUT2D eigenvalue weighted by Gasteiger charge is -2.08. The highest BCUT2D eigenvalue weighted by Gasteiger charge is 2.10. The normalized spacial score (nSPS) is 10.5. The molecule has 5 nitrogen and oxygen atoms in total. The summed E-state index contributed by atoms with van der Waals surface area (Å²) in [7, 11) is 0. The molecule has 0 saturated carbocycles. The largest absolute Gasteiger partial charge is 0.324 e. The molecule has 0 atom stereocenters. The fourth-order valence-corrected chi connectivity index (χ4v) is 2.19. The molecule has 104 valence electrons. The molecule has 1 amide bonds. The second kappa shape index (κ2) is 5.20. The van der Waals surface area contributed by atoms with Gasteiger partial charge in [0.05, 0.1) is 11.2 Å². The maximum Gasteiger partial charge on any atom is 0.274 e. The van der Waals surface area contributed by atoms with E-state index in [4.69, 9.17) is 0 Å². The van der Waals surface area contributed by atoms with Gasteiger partial charge in [-0.05, 0) is 12.1 Å². The minimum Gasteiger partial charge on any atom is -0.324 e. The van der Waals surface area contributed by atoms with Gasteiger partial charge in [-0.25, -0.2) is 4.98 Å². The van der Waals surface area contributed by atoms with Crippen LogP contribution in [0.3, 0.4) is 0 Å². The number of para-hydroxylation sites is 1. The van der Waals surface area contributed by atoms with Crippen molar-refractivity contribution in [2.75, 3.05) is 5.32 Å². The highest BCUT2D eigenvalue weighted by Crippen LogP contribution is 2.21. The topological polar surface area (TPSA) is 74.8 Å². The Labute approximate surface area is 120 Å². The van der Waals surface area contributed by atoms with E-state index in [-0.39, 0.29) is 11.5 Å². The van der Waals surface area contributed by atoms with Crippen LogP contribution in [0.4, 0.5) is 5.69 Å². The van der Waals surface area contributed by atoms with Crippen LogP contribution < -0.4 is 10.9 Å². The number of anilines is 1. The molecular weight excluding hydrogens is 266 g/mol. The summed E-state index contributed by atoms with van der Waals surface area (Å²) in [5.41, 5.74) is 2.54. The van der Waals surface area contributed by atoms with Crippen LogP contribution in [-0.2, 0) is 4.79 Å². The lowest BCUT2D eigenvalue weighted by molar-refractivity contribution is -0.114. The van der Waals surface area contributed by atoms with Crippen LogP contribution in [0.25, 0.3) is 22.3 Å². The minimum atomic E-state index is -0.256. The van der Waals surface area contributed by atoms with Crippen LogP contribution in [0.1, 0.15) is 6.92 Å². The highest BCUT2D eigenvalue weighted by molar-refractivity contribution is 5.98. The first-order valence-corrected chi connectivity index (χ1v) is 6.51. The third-order valence-corrected chi connectivity index (χ3v) is 3.08. The third kappa shape index (κ3) is 2.53. The molecule has 2 aromatic carbocycles. The Kier molecular flexibility index (Phi) is 3.23. The molecule has 0 fully saturated rings. The van der Waals surface area contributed by atoms with Crippen LogP contribution >= 0.6 is 0 Å². The van der Waals surface area contributed by atoms with Crippen LogP contribution in [0.2, 0.25) is 0 Å². The first kappa shape index (κ1) is 13.1. The second-order valence-corrected chi connectivity index (χ2v) is 4.66. The van der Waals surface area contributed by atoms with E-state index in [9.17, 15) is 9.59 Å². The Morgan fingerprint density at radius 1 is 1.10 bits per heavy atom. The number of benzene rings is 2. The van der Waals surface area contributed by atoms with E-state index in [1.165, 1.54) is 6.92 Å². The monoisotopic (exact) mass is 279 g/mol. The summed E-state index contributed by atoms with van der Waals surface area (Å²) < 4.78 is 0. The third-order valence-electron chi connectivity index (χ3n) is 3.08. The van der Waals surface area contributed by atoms with Crippen LogP contribution in [-0.4, -0.2) is 15.9 Å². The zero-order valence-electron chi connectivity index (χ0n) is 11.4. The number of hydrogen-bond donors (Lipinski definition) is 2. The number of amides is 1. The summed E-state index contributed by atoms with van der Waals surface area (Å²) in [4.78, 5) is 30.7. The second-order valence-electron chi connectivity index (χ2n) is 4.66. The first-order valence-electron chi connectivity index (χ1n) is 6.51. The van der Waals surface area contributed by atoms with E-state index < -0.39 is 0 Å². The molecule has 0 unspecified atom stereocenters. The molecule has 0 spiro atoms. The van der Waals surface area contributed by atoms with Crippen molar-refractivity contribution in [1.29, 1.82) is 0 Å². The van der Waals surface area contributed by atoms with Gasteiger partial charge < -0.3 is 10.3 Å². The van der Waals surface area contributed by atoms with E-state index in [0.717, 1.165) is 5.56 Å². The molecule has 0 aliphatic heterocycles. The van der Waals surface area contributed by atoms with Crippen molar-refractivity contribution in [3.05, 3.63) is 58.9 Å². The van der Waals surface area contributed by atoms with E-state index >= 15 is 0 Å². The van der Waals surface area contributed by atoms with Gasteiger partial charge in [-0.1, -0.05) is 36.4 Å². The summed E-state index contributed by atoms with van der Waals surface area (Å²) in [6.45, 7) is 1.43. The van der Waals surface area contributed by atoms with Crippen LogP contribution in [0.15, 0.2) is 53.3 Å². The molecule has 2 N–H and O–H groups in total. The van der Waals surface area contributed by atoms with Crippen LogP contribution in [0.5, 0.6) is 0 Å². The van der Waals surface area contributed by atoms with Gasteiger partial charge in [0.2, 0.25) is 5.91 Å². The number of hydrogen-bond acceptors (Lipinski definition) is 3. The van der Waals surface area contributed by atoms with Gasteiger partial charge in [-0.15, -0.1) is 0 Å². The van der Waals surface area contributed by atoms with Crippen molar-refractivity contribution in [1.82, 2.24) is 9.97 Å². The van der Waals surface area contributed by atoms with E-state index in [1.807, 2.05) is 30.3 Å². The molecule has 5 heteroatoms. The number of carbonyl (C=O) groups excluding carboxylic acids is 1. The molecule has 0 aliphatic rings. The molecule has 1 aromatic heterocycles. The molecule has 0 radical (unpaired) electrons. The number of carbonyl (C=O) groups is 1. The zero-order valence-corrected chi connectivity index (χ0v) is 11.4. The lowest BCUT2D eigenvalue weighted by atomic mass is 10.1. The van der Waals surface area contributed by atoms with Crippen molar-refractivity contribution < 1.29 is 4.79 Å². The van der Waals surface area contributed by atoms with Gasteiger partial charge in [0, 0.05) is 12.5 Å². The molecule has 0 aliphatic carbocycles. The molecule has 3 rings (SSSR count). The molecule has 0 bridgehead atoms. The smallest absolute Gasteiger partial charge is 0.274 e. The Bertz CT molecular complexity index is 870. The van der Waals surface area contributed by atoms with Gasteiger partial charge in [0.25, 0.3) is 5.56 Å². The summed E-state index contributed by atoms with van der Waals surface area (Å²) in [5.74, 6) is -0.184. The molecule has 1 heterocycles. The Balaban J connectivity index is 2.26. The summed E-state index contributed by atoms with van der Waals surface area (Å²) in [6.07, 6.45) is 0. The Morgan fingerprint density at radius 3 is 2.57 bits per heavy atom. The number of nitrogens with zero attached hydrogens (tertiary/aromatic N) is 1. The van der Waals surface area contributed by atoms with E-state index in [1.54, 1.807) is 18.2 Å². The van der Waals surface area contributed by atoms with Gasteiger partial charge in [0.15, 0.2) is 0 Å². The number of aromatic nitrogens is 2. The predicted octanol–water partition coefficient (Wildman–Crippen LogP) is 2.55. The van der Waals surface area contributed by atoms with Crippen molar-refractivity contribution >= 4 is 22.6 Å². The fraction of sp³-hybridized carbons (Fsp3) is 0.0625. The molecule has 21 heavy (non-hydrogen) atoms. The standard InChI is InChI=1S/C16H13N3O2/c1-10(20)17-12-8-5-9-13-15(12)19-14(16(21)18-13)11-6-3-2-4-7-11/h2-9H,1H3,(H,17,20)(H,18,21). The number of nitrogens with one attached hydrogen (secondary N) is 2.